The Bertz CT molecular complexity index is 757. The van der Waals surface area contributed by atoms with Crippen LogP contribution < -0.4 is 10.1 Å². The average Bonchev–Trinajstić information content (AvgIpc) is 3.24. The molecule has 1 amide bonds. The number of aryl methyl sites for hydroxylation is 1. The molecule has 140 valence electrons. The smallest absolute Gasteiger partial charge is 0.230 e. The fraction of sp³-hybridized carbons (Fsp3) is 0.500. The van der Waals surface area contributed by atoms with E-state index in [-0.39, 0.29) is 11.8 Å². The van der Waals surface area contributed by atoms with Crippen LogP contribution in [0.4, 0.5) is 0 Å². The Balaban J connectivity index is 1.71. The third-order valence-corrected chi connectivity index (χ3v) is 4.68. The minimum absolute atomic E-state index is 0.0697. The summed E-state index contributed by atoms with van der Waals surface area (Å²) in [4.78, 5) is 19.0. The zero-order valence-corrected chi connectivity index (χ0v) is 15.7. The summed E-state index contributed by atoms with van der Waals surface area (Å²) in [7, 11) is 0. The second kappa shape index (κ2) is 8.36. The van der Waals surface area contributed by atoms with Gasteiger partial charge in [0.2, 0.25) is 11.8 Å². The number of benzene rings is 1. The maximum absolute atomic E-state index is 12.0. The highest BCUT2D eigenvalue weighted by Gasteiger charge is 2.29. The predicted molar refractivity (Wildman–Crippen MR) is 99.9 cm³/mol. The number of aromatic nitrogens is 1. The molecule has 1 aliphatic rings. The van der Waals surface area contributed by atoms with Gasteiger partial charge in [-0.1, -0.05) is 12.1 Å². The average molecular weight is 357 g/mol. The van der Waals surface area contributed by atoms with Crippen molar-refractivity contribution in [1.29, 1.82) is 0 Å². The van der Waals surface area contributed by atoms with Gasteiger partial charge in [0.25, 0.3) is 0 Å². The molecule has 0 bridgehead atoms. The van der Waals surface area contributed by atoms with Crippen LogP contribution in [0.25, 0.3) is 11.5 Å². The van der Waals surface area contributed by atoms with Gasteiger partial charge >= 0.3 is 0 Å². The number of ether oxygens (including phenoxy) is 1. The zero-order chi connectivity index (χ0) is 18.5. The molecule has 0 unspecified atom stereocenters. The van der Waals surface area contributed by atoms with Crippen molar-refractivity contribution >= 4 is 5.91 Å². The second-order valence-electron chi connectivity index (χ2n) is 6.57. The molecule has 26 heavy (non-hydrogen) atoms. The van der Waals surface area contributed by atoms with Gasteiger partial charge in [-0.05, 0) is 45.9 Å². The van der Waals surface area contributed by atoms with Crippen molar-refractivity contribution in [3.63, 3.8) is 0 Å². The highest BCUT2D eigenvalue weighted by Crippen LogP contribution is 2.31. The van der Waals surface area contributed by atoms with E-state index in [1.807, 2.05) is 45.0 Å². The van der Waals surface area contributed by atoms with Crippen LogP contribution in [0.3, 0.4) is 0 Å². The Morgan fingerprint density at radius 1 is 1.38 bits per heavy atom. The van der Waals surface area contributed by atoms with Gasteiger partial charge in [-0.2, -0.15) is 0 Å². The number of oxazole rings is 1. The molecule has 1 N–H and O–H groups in total. The minimum atomic E-state index is 0.0697. The van der Waals surface area contributed by atoms with Crippen molar-refractivity contribution in [3.8, 4) is 17.2 Å². The van der Waals surface area contributed by atoms with Crippen molar-refractivity contribution in [1.82, 2.24) is 15.2 Å². The zero-order valence-electron chi connectivity index (χ0n) is 15.7. The summed E-state index contributed by atoms with van der Waals surface area (Å²) in [6.07, 6.45) is 0.892. The molecule has 6 heteroatoms. The summed E-state index contributed by atoms with van der Waals surface area (Å²) in [6.45, 7) is 9.49. The molecule has 0 radical (unpaired) electrons. The standard InChI is InChI=1S/C20H27N3O3/c1-4-21-19(24)15-10-11-23(12-15)13-17-14(3)26-20(22-17)16-8-6-7-9-18(16)25-5-2/h6-9,15H,4-5,10-13H2,1-3H3,(H,21,24)/t15-/m0/s1. The lowest BCUT2D eigenvalue weighted by Gasteiger charge is -2.14. The van der Waals surface area contributed by atoms with E-state index in [1.165, 1.54) is 0 Å². The molecule has 1 atom stereocenters. The van der Waals surface area contributed by atoms with E-state index < -0.39 is 0 Å². The lowest BCUT2D eigenvalue weighted by atomic mass is 10.1. The van der Waals surface area contributed by atoms with Crippen molar-refractivity contribution in [2.24, 2.45) is 5.92 Å². The molecule has 1 saturated heterocycles. The van der Waals surface area contributed by atoms with E-state index in [4.69, 9.17) is 14.1 Å². The number of likely N-dealkylation sites (tertiary alicyclic amines) is 1. The van der Waals surface area contributed by atoms with Crippen LogP contribution in [0.15, 0.2) is 28.7 Å². The summed E-state index contributed by atoms with van der Waals surface area (Å²) >= 11 is 0. The number of rotatable bonds is 7. The molecule has 0 spiro atoms. The Morgan fingerprint density at radius 2 is 2.19 bits per heavy atom. The topological polar surface area (TPSA) is 67.6 Å². The number of nitrogens with zero attached hydrogens (tertiary/aromatic N) is 2. The van der Waals surface area contributed by atoms with Crippen LogP contribution in [-0.4, -0.2) is 42.0 Å². The fourth-order valence-corrected chi connectivity index (χ4v) is 3.34. The maximum Gasteiger partial charge on any atom is 0.230 e. The molecule has 2 heterocycles. The van der Waals surface area contributed by atoms with Gasteiger partial charge in [-0.25, -0.2) is 4.98 Å². The highest BCUT2D eigenvalue weighted by atomic mass is 16.5. The first-order valence-electron chi connectivity index (χ1n) is 9.30. The molecule has 2 aromatic rings. The van der Waals surface area contributed by atoms with Crippen LogP contribution in [0.2, 0.25) is 0 Å². The van der Waals surface area contributed by atoms with Gasteiger partial charge < -0.3 is 14.5 Å². The van der Waals surface area contributed by atoms with Crippen LogP contribution in [-0.2, 0) is 11.3 Å². The number of hydrogen-bond donors (Lipinski definition) is 1. The number of hydrogen-bond acceptors (Lipinski definition) is 5. The van der Waals surface area contributed by atoms with Crippen LogP contribution in [0.1, 0.15) is 31.7 Å². The normalized spacial score (nSPS) is 17.4. The van der Waals surface area contributed by atoms with Crippen molar-refractivity contribution < 1.29 is 13.9 Å². The first kappa shape index (κ1) is 18.5. The van der Waals surface area contributed by atoms with Crippen molar-refractivity contribution in [2.75, 3.05) is 26.2 Å². The Labute approximate surface area is 154 Å². The van der Waals surface area contributed by atoms with E-state index >= 15 is 0 Å². The quantitative estimate of drug-likeness (QED) is 0.825. The van der Waals surface area contributed by atoms with Gasteiger partial charge in [0.1, 0.15) is 11.5 Å². The lowest BCUT2D eigenvalue weighted by molar-refractivity contribution is -0.124. The first-order valence-corrected chi connectivity index (χ1v) is 9.30. The molecular formula is C20H27N3O3. The van der Waals surface area contributed by atoms with E-state index in [1.54, 1.807) is 0 Å². The first-order chi connectivity index (χ1) is 12.6. The molecule has 0 saturated carbocycles. The van der Waals surface area contributed by atoms with E-state index in [0.717, 1.165) is 42.3 Å². The molecule has 6 nitrogen and oxygen atoms in total. The van der Waals surface area contributed by atoms with Gasteiger partial charge in [0, 0.05) is 19.6 Å². The summed E-state index contributed by atoms with van der Waals surface area (Å²) in [5.41, 5.74) is 1.79. The van der Waals surface area contributed by atoms with Crippen LogP contribution in [0.5, 0.6) is 5.75 Å². The summed E-state index contributed by atoms with van der Waals surface area (Å²) in [6, 6.07) is 7.78. The SMILES string of the molecule is CCNC(=O)[C@H]1CCN(Cc2nc(-c3ccccc3OCC)oc2C)C1. The fourth-order valence-electron chi connectivity index (χ4n) is 3.34. The second-order valence-corrected chi connectivity index (χ2v) is 6.57. The van der Waals surface area contributed by atoms with E-state index in [2.05, 4.69) is 10.2 Å². The number of amides is 1. The van der Waals surface area contributed by atoms with Crippen LogP contribution in [0, 0.1) is 12.8 Å². The van der Waals surface area contributed by atoms with Gasteiger partial charge in [-0.3, -0.25) is 9.69 Å². The Morgan fingerprint density at radius 3 is 2.96 bits per heavy atom. The number of nitrogens with one attached hydrogen (secondary N) is 1. The number of carbonyl (C=O) groups is 1. The minimum Gasteiger partial charge on any atom is -0.493 e. The number of carbonyl (C=O) groups excluding carboxylic acids is 1. The molecule has 1 fully saturated rings. The molecule has 1 aromatic carbocycles. The Hall–Kier alpha value is -2.34. The molecular weight excluding hydrogens is 330 g/mol. The summed E-state index contributed by atoms with van der Waals surface area (Å²) < 4.78 is 11.6. The number of para-hydroxylation sites is 1. The molecule has 1 aliphatic heterocycles. The molecule has 3 rings (SSSR count). The van der Waals surface area contributed by atoms with E-state index in [9.17, 15) is 4.79 Å². The van der Waals surface area contributed by atoms with Crippen LogP contribution >= 0.6 is 0 Å². The maximum atomic E-state index is 12.0. The van der Waals surface area contributed by atoms with Gasteiger partial charge in [-0.15, -0.1) is 0 Å². The molecule has 0 aliphatic carbocycles. The summed E-state index contributed by atoms with van der Waals surface area (Å²) in [5.74, 6) is 2.40. The van der Waals surface area contributed by atoms with Gasteiger partial charge in [0.05, 0.1) is 23.8 Å². The van der Waals surface area contributed by atoms with Gasteiger partial charge in [0.15, 0.2) is 0 Å². The largest absolute Gasteiger partial charge is 0.493 e. The lowest BCUT2D eigenvalue weighted by Crippen LogP contribution is -2.32. The molecule has 1 aromatic heterocycles. The summed E-state index contributed by atoms with van der Waals surface area (Å²) in [5, 5.41) is 2.91. The third kappa shape index (κ3) is 4.07. The van der Waals surface area contributed by atoms with Crippen molar-refractivity contribution in [3.05, 3.63) is 35.7 Å². The van der Waals surface area contributed by atoms with E-state index in [0.29, 0.717) is 25.6 Å². The third-order valence-electron chi connectivity index (χ3n) is 4.68. The Kier molecular flexibility index (Phi) is 5.93. The monoisotopic (exact) mass is 357 g/mol. The van der Waals surface area contributed by atoms with Crippen molar-refractivity contribution in [2.45, 2.75) is 33.7 Å². The predicted octanol–water partition coefficient (Wildman–Crippen LogP) is 3.01. The highest BCUT2D eigenvalue weighted by molar-refractivity contribution is 5.79.